The van der Waals surface area contributed by atoms with Crippen LogP contribution in [-0.2, 0) is 17.6 Å². The zero-order chi connectivity index (χ0) is 23.1. The molecule has 0 bridgehead atoms. The van der Waals surface area contributed by atoms with E-state index in [0.717, 1.165) is 66.3 Å². The number of ether oxygens (including phenoxy) is 2. The Morgan fingerprint density at radius 2 is 1.97 bits per heavy atom. The predicted molar refractivity (Wildman–Crippen MR) is 133 cm³/mol. The van der Waals surface area contributed by atoms with E-state index in [4.69, 9.17) is 9.47 Å². The van der Waals surface area contributed by atoms with E-state index in [1.54, 1.807) is 0 Å². The number of anilines is 1. The zero-order valence-corrected chi connectivity index (χ0v) is 19.7. The van der Waals surface area contributed by atoms with Crippen molar-refractivity contribution in [3.05, 3.63) is 59.3 Å². The molecular weight excluding hydrogens is 426 g/mol. The summed E-state index contributed by atoms with van der Waals surface area (Å²) in [7, 11) is 0. The summed E-state index contributed by atoms with van der Waals surface area (Å²) in [5.41, 5.74) is 5.55. The summed E-state index contributed by atoms with van der Waals surface area (Å²) < 4.78 is 12.5. The Morgan fingerprint density at radius 1 is 1.09 bits per heavy atom. The van der Waals surface area contributed by atoms with Gasteiger partial charge in [-0.25, -0.2) is 0 Å². The van der Waals surface area contributed by atoms with Gasteiger partial charge in [0.15, 0.2) is 11.5 Å². The number of hydrogen-bond donors (Lipinski definition) is 1. The molecule has 1 amide bonds. The third-order valence-electron chi connectivity index (χ3n) is 7.40. The Labute approximate surface area is 200 Å². The summed E-state index contributed by atoms with van der Waals surface area (Å²) in [6, 6.07) is 14.7. The number of nitrogens with zero attached hydrogens (tertiary/aromatic N) is 2. The molecule has 34 heavy (non-hydrogen) atoms. The second-order valence-electron chi connectivity index (χ2n) is 9.95. The van der Waals surface area contributed by atoms with Crippen LogP contribution in [-0.4, -0.2) is 48.1 Å². The molecule has 0 spiro atoms. The second kappa shape index (κ2) is 8.91. The van der Waals surface area contributed by atoms with Crippen molar-refractivity contribution in [1.82, 2.24) is 9.88 Å². The topological polar surface area (TPSA) is 63.7 Å². The number of carbonyl (C=O) groups is 1. The minimum absolute atomic E-state index is 0.0280. The Hall–Kier alpha value is -3.12. The van der Waals surface area contributed by atoms with Gasteiger partial charge >= 0.3 is 0 Å². The summed E-state index contributed by atoms with van der Waals surface area (Å²) >= 11 is 0. The first kappa shape index (κ1) is 21.4. The summed E-state index contributed by atoms with van der Waals surface area (Å²) in [6.07, 6.45) is 4.91. The molecule has 3 aromatic rings. The van der Waals surface area contributed by atoms with Crippen molar-refractivity contribution in [2.24, 2.45) is 5.92 Å². The number of fused-ring (bicyclic) bond motifs is 4. The smallest absolute Gasteiger partial charge is 0.224 e. The summed E-state index contributed by atoms with van der Waals surface area (Å²) in [6.45, 7) is 5.63. The predicted octanol–water partition coefficient (Wildman–Crippen LogP) is 4.52. The van der Waals surface area contributed by atoms with E-state index in [-0.39, 0.29) is 12.0 Å². The molecule has 176 valence electrons. The molecule has 1 fully saturated rings. The van der Waals surface area contributed by atoms with Crippen LogP contribution in [0.25, 0.3) is 10.9 Å². The average molecular weight is 458 g/mol. The molecule has 6 nitrogen and oxygen atoms in total. The van der Waals surface area contributed by atoms with Gasteiger partial charge in [-0.15, -0.1) is 0 Å². The maximum atomic E-state index is 11.7. The van der Waals surface area contributed by atoms with Crippen LogP contribution >= 0.6 is 0 Å². The maximum absolute atomic E-state index is 11.7. The number of pyridine rings is 1. The van der Waals surface area contributed by atoms with E-state index in [1.807, 2.05) is 25.1 Å². The van der Waals surface area contributed by atoms with Crippen molar-refractivity contribution in [3.8, 4) is 11.5 Å². The summed E-state index contributed by atoms with van der Waals surface area (Å²) in [5.74, 6) is 2.45. The summed E-state index contributed by atoms with van der Waals surface area (Å²) in [4.78, 5) is 18.9. The summed E-state index contributed by atoms with van der Waals surface area (Å²) in [5, 5.41) is 4.06. The highest BCUT2D eigenvalue weighted by Gasteiger charge is 2.28. The van der Waals surface area contributed by atoms with Crippen molar-refractivity contribution in [2.45, 2.75) is 45.1 Å². The van der Waals surface area contributed by atoms with Gasteiger partial charge in [0, 0.05) is 29.7 Å². The van der Waals surface area contributed by atoms with Gasteiger partial charge in [-0.05, 0) is 93.1 Å². The Morgan fingerprint density at radius 3 is 2.85 bits per heavy atom. The molecule has 6 heteroatoms. The van der Waals surface area contributed by atoms with Crippen molar-refractivity contribution in [3.63, 3.8) is 0 Å². The van der Waals surface area contributed by atoms with Crippen LogP contribution in [0, 0.1) is 12.8 Å². The molecule has 0 aliphatic carbocycles. The molecule has 4 heterocycles. The van der Waals surface area contributed by atoms with E-state index in [0.29, 0.717) is 18.9 Å². The van der Waals surface area contributed by atoms with Crippen molar-refractivity contribution in [2.75, 3.05) is 31.6 Å². The van der Waals surface area contributed by atoms with Gasteiger partial charge in [-0.2, -0.15) is 0 Å². The molecular formula is C28H31N3O3. The lowest BCUT2D eigenvalue weighted by Gasteiger charge is -2.36. The number of likely N-dealkylation sites (tertiary alicyclic amines) is 1. The van der Waals surface area contributed by atoms with Crippen LogP contribution in [0.5, 0.6) is 11.5 Å². The normalized spacial score (nSPS) is 20.7. The third kappa shape index (κ3) is 4.34. The van der Waals surface area contributed by atoms with Gasteiger partial charge in [-0.3, -0.25) is 14.7 Å². The van der Waals surface area contributed by atoms with Crippen molar-refractivity contribution < 1.29 is 14.3 Å². The van der Waals surface area contributed by atoms with E-state index < -0.39 is 0 Å². The largest absolute Gasteiger partial charge is 0.486 e. The van der Waals surface area contributed by atoms with Gasteiger partial charge in [0.05, 0.1) is 5.52 Å². The quantitative estimate of drug-likeness (QED) is 0.624. The fourth-order valence-corrected chi connectivity index (χ4v) is 5.51. The Bertz CT molecular complexity index is 1230. The van der Waals surface area contributed by atoms with E-state index in [2.05, 4.69) is 39.5 Å². The molecule has 1 atom stereocenters. The first-order chi connectivity index (χ1) is 16.6. The second-order valence-corrected chi connectivity index (χ2v) is 9.95. The van der Waals surface area contributed by atoms with Gasteiger partial charge in [0.25, 0.3) is 0 Å². The fraction of sp³-hybridized carbons (Fsp3) is 0.429. The number of carbonyl (C=O) groups excluding carboxylic acids is 1. The molecule has 0 radical (unpaired) electrons. The number of rotatable bonds is 4. The molecule has 3 aliphatic rings. The maximum Gasteiger partial charge on any atom is 0.224 e. The lowest BCUT2D eigenvalue weighted by molar-refractivity contribution is -0.116. The van der Waals surface area contributed by atoms with Crippen LogP contribution in [0.15, 0.2) is 42.5 Å². The number of nitrogens with one attached hydrogen (secondary N) is 1. The monoisotopic (exact) mass is 457 g/mol. The Balaban J connectivity index is 1.05. The number of benzene rings is 2. The third-order valence-corrected chi connectivity index (χ3v) is 7.40. The first-order valence-electron chi connectivity index (χ1n) is 12.4. The lowest BCUT2D eigenvalue weighted by atomic mass is 9.89. The number of aromatic nitrogens is 1. The minimum Gasteiger partial charge on any atom is -0.486 e. The molecule has 1 aromatic heterocycles. The van der Waals surface area contributed by atoms with Gasteiger partial charge in [0.1, 0.15) is 12.7 Å². The van der Waals surface area contributed by atoms with Gasteiger partial charge in [-0.1, -0.05) is 12.1 Å². The number of piperidine rings is 1. The highest BCUT2D eigenvalue weighted by molar-refractivity contribution is 5.94. The molecule has 6 rings (SSSR count). The van der Waals surface area contributed by atoms with Crippen molar-refractivity contribution >= 4 is 22.5 Å². The van der Waals surface area contributed by atoms with E-state index >= 15 is 0 Å². The average Bonchev–Trinajstić information content (AvgIpc) is 2.84. The van der Waals surface area contributed by atoms with Gasteiger partial charge in [0.2, 0.25) is 5.91 Å². The van der Waals surface area contributed by atoms with Crippen molar-refractivity contribution in [1.29, 1.82) is 0 Å². The van der Waals surface area contributed by atoms with E-state index in [1.165, 1.54) is 24.0 Å². The fourth-order valence-electron chi connectivity index (χ4n) is 5.51. The standard InChI is InChI=1S/C28H31N3O3/c1-18-2-6-23-24(29-18)7-8-26-28(23)34-22(17-33-26)16-31-12-10-19(11-13-31)14-20-3-4-21-5-9-27(32)30-25(21)15-20/h2-4,6-8,15,19,22H,5,9-14,16-17H2,1H3,(H,30,32)/t22-/m0/s1. The molecule has 1 N–H and O–H groups in total. The van der Waals surface area contributed by atoms with Crippen LogP contribution in [0.4, 0.5) is 5.69 Å². The molecule has 2 aromatic carbocycles. The molecule has 3 aliphatic heterocycles. The molecule has 1 saturated heterocycles. The van der Waals surface area contributed by atoms with Crippen LogP contribution in [0.2, 0.25) is 0 Å². The highest BCUT2D eigenvalue weighted by atomic mass is 16.6. The van der Waals surface area contributed by atoms with Crippen LogP contribution in [0.3, 0.4) is 0 Å². The minimum atomic E-state index is 0.0280. The highest BCUT2D eigenvalue weighted by Crippen LogP contribution is 2.38. The number of amides is 1. The van der Waals surface area contributed by atoms with Crippen LogP contribution in [0.1, 0.15) is 36.1 Å². The van der Waals surface area contributed by atoms with Crippen LogP contribution < -0.4 is 14.8 Å². The number of hydrogen-bond acceptors (Lipinski definition) is 5. The SMILES string of the molecule is Cc1ccc2c3c(ccc2n1)OC[C@H](CN1CCC(Cc2ccc4c(c2)NC(=O)CC4)CC1)O3. The number of aryl methyl sites for hydroxylation is 2. The van der Waals surface area contributed by atoms with Gasteiger partial charge < -0.3 is 14.8 Å². The first-order valence-corrected chi connectivity index (χ1v) is 12.4. The lowest BCUT2D eigenvalue weighted by Crippen LogP contribution is -2.44. The molecule has 0 unspecified atom stereocenters. The Kier molecular flexibility index (Phi) is 5.61. The van der Waals surface area contributed by atoms with E-state index in [9.17, 15) is 4.79 Å². The molecule has 0 saturated carbocycles. The zero-order valence-electron chi connectivity index (χ0n) is 19.7.